The molecular formula is C30H32N4O2. The average molecular weight is 481 g/mol. The van der Waals surface area contributed by atoms with E-state index >= 15 is 0 Å². The Morgan fingerprint density at radius 1 is 0.972 bits per heavy atom. The highest BCUT2D eigenvalue weighted by atomic mass is 16.2. The number of carbonyl (C=O) groups is 1. The van der Waals surface area contributed by atoms with Gasteiger partial charge in [-0.25, -0.2) is 4.98 Å². The Bertz CT molecular complexity index is 1440. The topological polar surface area (TPSA) is 67.2 Å². The molecule has 1 N–H and O–H groups in total. The number of hydrogen-bond donors (Lipinski definition) is 1. The summed E-state index contributed by atoms with van der Waals surface area (Å²) in [4.78, 5) is 33.5. The number of benzene rings is 3. The van der Waals surface area contributed by atoms with Crippen LogP contribution in [-0.4, -0.2) is 28.5 Å². The molecule has 1 aliphatic rings. The molecule has 1 saturated heterocycles. The average Bonchev–Trinajstić information content (AvgIpc) is 2.90. The molecule has 1 fully saturated rings. The molecule has 0 saturated carbocycles. The van der Waals surface area contributed by atoms with Gasteiger partial charge in [0.05, 0.1) is 23.5 Å². The van der Waals surface area contributed by atoms with Gasteiger partial charge >= 0.3 is 0 Å². The second-order valence-corrected chi connectivity index (χ2v) is 9.79. The van der Waals surface area contributed by atoms with Crippen LogP contribution in [0.4, 0.5) is 5.82 Å². The van der Waals surface area contributed by atoms with Crippen LogP contribution in [0.3, 0.4) is 0 Å². The Morgan fingerprint density at radius 2 is 1.78 bits per heavy atom. The van der Waals surface area contributed by atoms with Crippen molar-refractivity contribution < 1.29 is 4.79 Å². The molecule has 0 spiro atoms. The maximum Gasteiger partial charge on any atom is 0.294 e. The first-order chi connectivity index (χ1) is 17.5. The SMILES string of the molecule is Cc1ccc(Cn2c(=O)c(N3CCCC(C(=O)NCc4cccc(C)c4)C3)nc3ccccc32)cc1. The standard InChI is InChI=1S/C30H32N4O2/c1-21-12-14-23(15-13-21)19-34-27-11-4-3-10-26(27)32-28(30(34)36)33-16-6-9-25(20-33)29(35)31-18-24-8-5-7-22(2)17-24/h3-5,7-8,10-15,17,25H,6,9,16,18-20H2,1-2H3,(H,31,35). The van der Waals surface area contributed by atoms with E-state index in [0.29, 0.717) is 32.0 Å². The van der Waals surface area contributed by atoms with Gasteiger partial charge in [0.25, 0.3) is 5.56 Å². The first kappa shape index (κ1) is 23.8. The summed E-state index contributed by atoms with van der Waals surface area (Å²) in [6, 6.07) is 24.2. The number of nitrogens with one attached hydrogen (secondary N) is 1. The summed E-state index contributed by atoms with van der Waals surface area (Å²) in [5, 5.41) is 3.09. The van der Waals surface area contributed by atoms with Crippen molar-refractivity contribution in [2.75, 3.05) is 18.0 Å². The Hall–Kier alpha value is -3.93. The predicted molar refractivity (Wildman–Crippen MR) is 144 cm³/mol. The van der Waals surface area contributed by atoms with E-state index in [2.05, 4.69) is 42.6 Å². The molecule has 0 radical (unpaired) electrons. The first-order valence-electron chi connectivity index (χ1n) is 12.6. The summed E-state index contributed by atoms with van der Waals surface area (Å²) in [5.41, 5.74) is 6.00. The first-order valence-corrected chi connectivity index (χ1v) is 12.6. The van der Waals surface area contributed by atoms with E-state index in [4.69, 9.17) is 4.98 Å². The van der Waals surface area contributed by atoms with Crippen LogP contribution >= 0.6 is 0 Å². The zero-order valence-electron chi connectivity index (χ0n) is 20.9. The van der Waals surface area contributed by atoms with Gasteiger partial charge in [-0.3, -0.25) is 14.2 Å². The van der Waals surface area contributed by atoms with E-state index in [1.165, 1.54) is 11.1 Å². The number of rotatable bonds is 6. The van der Waals surface area contributed by atoms with Gasteiger partial charge in [0, 0.05) is 19.6 Å². The number of carbonyl (C=O) groups excluding carboxylic acids is 1. The van der Waals surface area contributed by atoms with Gasteiger partial charge in [0.2, 0.25) is 5.91 Å². The summed E-state index contributed by atoms with van der Waals surface area (Å²) in [5.74, 6) is 0.278. The fourth-order valence-corrected chi connectivity index (χ4v) is 4.96. The number of fused-ring (bicyclic) bond motifs is 1. The fraction of sp³-hybridized carbons (Fsp3) is 0.300. The lowest BCUT2D eigenvalue weighted by Gasteiger charge is -2.33. The Morgan fingerprint density at radius 3 is 2.58 bits per heavy atom. The molecule has 6 heteroatoms. The minimum absolute atomic E-state index is 0.0296. The Kier molecular flexibility index (Phi) is 6.85. The maximum absolute atomic E-state index is 13.7. The predicted octanol–water partition coefficient (Wildman–Crippen LogP) is 4.59. The van der Waals surface area contributed by atoms with Gasteiger partial charge in [-0.15, -0.1) is 0 Å². The van der Waals surface area contributed by atoms with Crippen LogP contribution in [0.15, 0.2) is 77.6 Å². The molecule has 0 bridgehead atoms. The Balaban J connectivity index is 1.39. The molecule has 1 aliphatic heterocycles. The minimum Gasteiger partial charge on any atom is -0.352 e. The van der Waals surface area contributed by atoms with Crippen molar-refractivity contribution in [2.45, 2.75) is 39.8 Å². The number of aromatic nitrogens is 2. The third-order valence-corrected chi connectivity index (χ3v) is 6.94. The van der Waals surface area contributed by atoms with Crippen LogP contribution in [0, 0.1) is 19.8 Å². The van der Waals surface area contributed by atoms with Crippen LogP contribution < -0.4 is 15.8 Å². The highest BCUT2D eigenvalue weighted by Crippen LogP contribution is 2.22. The molecule has 6 nitrogen and oxygen atoms in total. The monoisotopic (exact) mass is 480 g/mol. The van der Waals surface area contributed by atoms with Crippen molar-refractivity contribution in [3.63, 3.8) is 0 Å². The normalized spacial score (nSPS) is 15.7. The minimum atomic E-state index is -0.179. The molecule has 0 aliphatic carbocycles. The number of hydrogen-bond acceptors (Lipinski definition) is 4. The van der Waals surface area contributed by atoms with E-state index in [1.807, 2.05) is 58.9 Å². The van der Waals surface area contributed by atoms with Crippen molar-refractivity contribution in [1.82, 2.24) is 14.9 Å². The largest absolute Gasteiger partial charge is 0.352 e. The summed E-state index contributed by atoms with van der Waals surface area (Å²) in [6.07, 6.45) is 1.65. The molecule has 5 rings (SSSR count). The van der Waals surface area contributed by atoms with Gasteiger partial charge in [-0.1, -0.05) is 71.8 Å². The maximum atomic E-state index is 13.7. The molecule has 1 unspecified atom stereocenters. The van der Waals surface area contributed by atoms with Crippen molar-refractivity contribution >= 4 is 22.8 Å². The Labute approximate surface area is 211 Å². The second-order valence-electron chi connectivity index (χ2n) is 9.79. The molecule has 184 valence electrons. The summed E-state index contributed by atoms with van der Waals surface area (Å²) in [7, 11) is 0. The molecule has 4 aromatic rings. The van der Waals surface area contributed by atoms with Crippen LogP contribution in [0.2, 0.25) is 0 Å². The number of anilines is 1. The molecule has 1 amide bonds. The quantitative estimate of drug-likeness (QED) is 0.438. The smallest absolute Gasteiger partial charge is 0.294 e. The van der Waals surface area contributed by atoms with Crippen LogP contribution in [0.25, 0.3) is 11.0 Å². The highest BCUT2D eigenvalue weighted by molar-refractivity contribution is 5.80. The fourth-order valence-electron chi connectivity index (χ4n) is 4.96. The third kappa shape index (κ3) is 5.18. The van der Waals surface area contributed by atoms with Crippen molar-refractivity contribution in [2.24, 2.45) is 5.92 Å². The number of amides is 1. The van der Waals surface area contributed by atoms with Crippen molar-refractivity contribution in [3.8, 4) is 0 Å². The van der Waals surface area contributed by atoms with E-state index < -0.39 is 0 Å². The number of piperidine rings is 1. The molecular weight excluding hydrogens is 448 g/mol. The zero-order chi connectivity index (χ0) is 25.1. The zero-order valence-corrected chi connectivity index (χ0v) is 20.9. The van der Waals surface area contributed by atoms with Gasteiger partial charge in [0.15, 0.2) is 5.82 Å². The number of nitrogens with zero attached hydrogens (tertiary/aromatic N) is 3. The van der Waals surface area contributed by atoms with Gasteiger partial charge in [-0.05, 0) is 49.9 Å². The molecule has 2 heterocycles. The van der Waals surface area contributed by atoms with E-state index in [9.17, 15) is 9.59 Å². The van der Waals surface area contributed by atoms with Crippen molar-refractivity contribution in [3.05, 3.63) is 105 Å². The number of para-hydroxylation sites is 2. The van der Waals surface area contributed by atoms with E-state index in [1.54, 1.807) is 0 Å². The second kappa shape index (κ2) is 10.4. The van der Waals surface area contributed by atoms with Crippen molar-refractivity contribution in [1.29, 1.82) is 0 Å². The van der Waals surface area contributed by atoms with Crippen LogP contribution in [-0.2, 0) is 17.9 Å². The van der Waals surface area contributed by atoms with Gasteiger partial charge in [0.1, 0.15) is 0 Å². The lowest BCUT2D eigenvalue weighted by Crippen LogP contribution is -2.45. The molecule has 36 heavy (non-hydrogen) atoms. The molecule has 3 aromatic carbocycles. The molecule has 1 atom stereocenters. The lowest BCUT2D eigenvalue weighted by atomic mass is 9.97. The third-order valence-electron chi connectivity index (χ3n) is 6.94. The van der Waals surface area contributed by atoms with E-state index in [-0.39, 0.29) is 17.4 Å². The number of aryl methyl sites for hydroxylation is 2. The lowest BCUT2D eigenvalue weighted by molar-refractivity contribution is -0.125. The summed E-state index contributed by atoms with van der Waals surface area (Å²) in [6.45, 7) is 6.29. The van der Waals surface area contributed by atoms with Crippen LogP contribution in [0.5, 0.6) is 0 Å². The van der Waals surface area contributed by atoms with E-state index in [0.717, 1.165) is 35.0 Å². The van der Waals surface area contributed by atoms with Gasteiger partial charge in [-0.2, -0.15) is 0 Å². The summed E-state index contributed by atoms with van der Waals surface area (Å²) >= 11 is 0. The van der Waals surface area contributed by atoms with Gasteiger partial charge < -0.3 is 10.2 Å². The highest BCUT2D eigenvalue weighted by Gasteiger charge is 2.28. The summed E-state index contributed by atoms with van der Waals surface area (Å²) < 4.78 is 1.81. The van der Waals surface area contributed by atoms with Crippen LogP contribution in [0.1, 0.15) is 35.1 Å². The molecule has 1 aromatic heterocycles.